The summed E-state index contributed by atoms with van der Waals surface area (Å²) in [4.78, 5) is -0.173. The highest BCUT2D eigenvalue weighted by Crippen LogP contribution is 2.22. The fraction of sp³-hybridized carbons (Fsp3) is 0.600. The van der Waals surface area contributed by atoms with Crippen LogP contribution in [-0.2, 0) is 23.7 Å². The molecular formula is C10H15F3N2O3S. The van der Waals surface area contributed by atoms with E-state index in [2.05, 4.69) is 0 Å². The van der Waals surface area contributed by atoms with Gasteiger partial charge in [0.25, 0.3) is 0 Å². The summed E-state index contributed by atoms with van der Waals surface area (Å²) in [6.07, 6.45) is -4.45. The van der Waals surface area contributed by atoms with Crippen molar-refractivity contribution in [3.05, 3.63) is 18.0 Å². The molecule has 2 N–H and O–H groups in total. The molecule has 0 aromatic carbocycles. The van der Waals surface area contributed by atoms with Crippen LogP contribution in [0.1, 0.15) is 19.0 Å². The van der Waals surface area contributed by atoms with E-state index in [-0.39, 0.29) is 11.5 Å². The van der Waals surface area contributed by atoms with Crippen molar-refractivity contribution in [3.8, 4) is 0 Å². The van der Waals surface area contributed by atoms with Gasteiger partial charge in [-0.1, -0.05) is 0 Å². The first-order chi connectivity index (χ1) is 8.55. The third-order valence-electron chi connectivity index (χ3n) is 2.45. The summed E-state index contributed by atoms with van der Waals surface area (Å²) >= 11 is 0. The summed E-state index contributed by atoms with van der Waals surface area (Å²) in [5.74, 6) is 0. The number of nitrogens with zero attached hydrogens (tertiary/aromatic N) is 1. The predicted octanol–water partition coefficient (Wildman–Crippen LogP) is 1.14. The first kappa shape index (κ1) is 16.0. The van der Waals surface area contributed by atoms with Gasteiger partial charge in [0.05, 0.1) is 17.9 Å². The Morgan fingerprint density at radius 3 is 2.47 bits per heavy atom. The Labute approximate surface area is 109 Å². The first-order valence-electron chi connectivity index (χ1n) is 5.40. The normalized spacial score (nSPS) is 14.6. The summed E-state index contributed by atoms with van der Waals surface area (Å²) in [5, 5.41) is 8.95. The number of hydrogen-bond acceptors (Lipinski definition) is 3. The number of nitrogens with one attached hydrogen (secondary N) is 1. The van der Waals surface area contributed by atoms with Crippen molar-refractivity contribution in [3.63, 3.8) is 0 Å². The van der Waals surface area contributed by atoms with Crippen LogP contribution < -0.4 is 4.72 Å². The highest BCUT2D eigenvalue weighted by atomic mass is 32.2. The molecule has 1 unspecified atom stereocenters. The Kier molecular flexibility index (Phi) is 4.64. The molecular weight excluding hydrogens is 285 g/mol. The summed E-state index contributed by atoms with van der Waals surface area (Å²) in [5.41, 5.74) is 0.351. The van der Waals surface area contributed by atoms with Crippen LogP contribution in [0.4, 0.5) is 13.2 Å². The number of aryl methyl sites for hydroxylation is 1. The molecule has 1 atom stereocenters. The molecule has 1 aromatic rings. The van der Waals surface area contributed by atoms with E-state index in [1.165, 1.54) is 23.9 Å². The molecule has 0 radical (unpaired) electrons. The van der Waals surface area contributed by atoms with E-state index < -0.39 is 28.7 Å². The van der Waals surface area contributed by atoms with Crippen LogP contribution in [0.5, 0.6) is 0 Å². The molecule has 9 heteroatoms. The topological polar surface area (TPSA) is 71.3 Å². The fourth-order valence-electron chi connectivity index (χ4n) is 1.60. The van der Waals surface area contributed by atoms with Gasteiger partial charge in [0.2, 0.25) is 10.0 Å². The number of aromatic nitrogens is 1. The molecule has 110 valence electrons. The highest BCUT2D eigenvalue weighted by molar-refractivity contribution is 7.89. The van der Waals surface area contributed by atoms with Gasteiger partial charge in [0.15, 0.2) is 0 Å². The zero-order chi connectivity index (χ0) is 14.8. The second-order valence-corrected chi connectivity index (χ2v) is 5.99. The van der Waals surface area contributed by atoms with Crippen LogP contribution in [-0.4, -0.2) is 30.3 Å². The Hall–Kier alpha value is -1.06. The van der Waals surface area contributed by atoms with Gasteiger partial charge >= 0.3 is 6.18 Å². The lowest BCUT2D eigenvalue weighted by Crippen LogP contribution is -2.35. The average Bonchev–Trinajstić information content (AvgIpc) is 2.56. The van der Waals surface area contributed by atoms with E-state index in [0.717, 1.165) is 6.92 Å². The quantitative estimate of drug-likeness (QED) is 0.856. The van der Waals surface area contributed by atoms with Gasteiger partial charge < -0.3 is 9.67 Å². The maximum Gasteiger partial charge on any atom is 0.390 e. The van der Waals surface area contributed by atoms with Crippen LogP contribution in [0.2, 0.25) is 0 Å². The number of rotatable bonds is 5. The molecule has 5 nitrogen and oxygen atoms in total. The molecule has 19 heavy (non-hydrogen) atoms. The molecule has 0 aliphatic rings. The van der Waals surface area contributed by atoms with Crippen molar-refractivity contribution >= 4 is 10.0 Å². The Morgan fingerprint density at radius 2 is 2.05 bits per heavy atom. The lowest BCUT2D eigenvalue weighted by atomic mass is 10.2. The van der Waals surface area contributed by atoms with E-state index in [1.807, 2.05) is 4.72 Å². The van der Waals surface area contributed by atoms with Crippen LogP contribution in [0.3, 0.4) is 0 Å². The number of hydrogen-bond donors (Lipinski definition) is 2. The highest BCUT2D eigenvalue weighted by Gasteiger charge is 2.32. The van der Waals surface area contributed by atoms with E-state index in [9.17, 15) is 21.6 Å². The Bertz CT molecular complexity index is 537. The number of aliphatic hydroxyl groups excluding tert-OH is 1. The van der Waals surface area contributed by atoms with E-state index in [1.54, 1.807) is 0 Å². The van der Waals surface area contributed by atoms with Crippen LogP contribution >= 0.6 is 0 Å². The maximum absolute atomic E-state index is 12.1. The largest absolute Gasteiger partial charge is 0.390 e. The van der Waals surface area contributed by atoms with Gasteiger partial charge in [-0.2, -0.15) is 13.2 Å². The third-order valence-corrected chi connectivity index (χ3v) is 4.01. The summed E-state index contributed by atoms with van der Waals surface area (Å²) in [6.45, 7) is 0.783. The molecule has 0 aliphatic heterocycles. The maximum atomic E-state index is 12.1. The lowest BCUT2D eigenvalue weighted by Gasteiger charge is -2.15. The first-order valence-corrected chi connectivity index (χ1v) is 6.88. The molecule has 1 aromatic heterocycles. The van der Waals surface area contributed by atoms with Crippen LogP contribution in [0.25, 0.3) is 0 Å². The summed E-state index contributed by atoms with van der Waals surface area (Å²) < 4.78 is 63.4. The molecule has 0 aliphatic carbocycles. The molecule has 0 spiro atoms. The van der Waals surface area contributed by atoms with E-state index in [4.69, 9.17) is 5.11 Å². The van der Waals surface area contributed by atoms with Crippen molar-refractivity contribution in [2.75, 3.05) is 0 Å². The van der Waals surface area contributed by atoms with Crippen molar-refractivity contribution < 1.29 is 26.7 Å². The number of aliphatic hydroxyl groups is 1. The van der Waals surface area contributed by atoms with Crippen molar-refractivity contribution in [2.24, 2.45) is 7.05 Å². The zero-order valence-electron chi connectivity index (χ0n) is 10.4. The van der Waals surface area contributed by atoms with Gasteiger partial charge in [-0.05, 0) is 13.0 Å². The molecule has 0 saturated heterocycles. The van der Waals surface area contributed by atoms with Gasteiger partial charge in [-0.25, -0.2) is 13.1 Å². The second-order valence-electron chi connectivity index (χ2n) is 4.28. The number of halogens is 3. The summed E-state index contributed by atoms with van der Waals surface area (Å²) in [6, 6.07) is -0.0504. The monoisotopic (exact) mass is 300 g/mol. The minimum Gasteiger partial charge on any atom is -0.390 e. The molecule has 1 heterocycles. The van der Waals surface area contributed by atoms with Crippen molar-refractivity contribution in [1.29, 1.82) is 0 Å². The SMILES string of the molecule is CC(CC(F)(F)F)NS(=O)(=O)c1cc(CO)n(C)c1. The predicted molar refractivity (Wildman–Crippen MR) is 61.8 cm³/mol. The van der Waals surface area contributed by atoms with Gasteiger partial charge in [-0.15, -0.1) is 0 Å². The molecule has 0 fully saturated rings. The number of alkyl halides is 3. The standard InChI is InChI=1S/C10H15F3N2O3S/c1-7(4-10(11,12)13)14-19(17,18)9-3-8(6-16)15(2)5-9/h3,5,7,14,16H,4,6H2,1-2H3. The Balaban J connectivity index is 2.86. The van der Waals surface area contributed by atoms with E-state index >= 15 is 0 Å². The van der Waals surface area contributed by atoms with Crippen molar-refractivity contribution in [1.82, 2.24) is 9.29 Å². The minimum atomic E-state index is -4.44. The molecule has 1 rings (SSSR count). The van der Waals surface area contributed by atoms with Crippen LogP contribution in [0, 0.1) is 0 Å². The average molecular weight is 300 g/mol. The summed E-state index contributed by atoms with van der Waals surface area (Å²) in [7, 11) is -2.49. The van der Waals surface area contributed by atoms with Gasteiger partial charge in [-0.3, -0.25) is 0 Å². The fourth-order valence-corrected chi connectivity index (χ4v) is 2.94. The minimum absolute atomic E-state index is 0.173. The Morgan fingerprint density at radius 1 is 1.47 bits per heavy atom. The lowest BCUT2D eigenvalue weighted by molar-refractivity contribution is -0.137. The molecule has 0 bridgehead atoms. The van der Waals surface area contributed by atoms with Gasteiger partial charge in [0.1, 0.15) is 0 Å². The zero-order valence-corrected chi connectivity index (χ0v) is 11.2. The molecule has 0 amide bonds. The second kappa shape index (κ2) is 5.51. The van der Waals surface area contributed by atoms with Gasteiger partial charge in [0, 0.05) is 25.0 Å². The van der Waals surface area contributed by atoms with Crippen molar-refractivity contribution in [2.45, 2.75) is 37.1 Å². The third kappa shape index (κ3) is 4.51. The number of sulfonamides is 1. The smallest absolute Gasteiger partial charge is 0.390 e. The van der Waals surface area contributed by atoms with Crippen LogP contribution in [0.15, 0.2) is 17.2 Å². The molecule has 0 saturated carbocycles. The van der Waals surface area contributed by atoms with E-state index in [0.29, 0.717) is 5.69 Å².